The highest BCUT2D eigenvalue weighted by Gasteiger charge is 2.63. The molecule has 4 atom stereocenters. The van der Waals surface area contributed by atoms with Crippen molar-refractivity contribution in [3.63, 3.8) is 0 Å². The quantitative estimate of drug-likeness (QED) is 0.558. The molecule has 1 fully saturated rings. The van der Waals surface area contributed by atoms with Crippen molar-refractivity contribution in [1.29, 1.82) is 0 Å². The minimum atomic E-state index is -2.37. The maximum Gasteiger partial charge on any atom is 0.205 e. The number of hydrogen-bond donors (Lipinski definition) is 2. The molecule has 1 aromatic rings. The van der Waals surface area contributed by atoms with Crippen LogP contribution in [0.5, 0.6) is 5.75 Å². The Morgan fingerprint density at radius 1 is 1.16 bits per heavy atom. The summed E-state index contributed by atoms with van der Waals surface area (Å²) >= 11 is 0. The van der Waals surface area contributed by atoms with E-state index in [0.29, 0.717) is 24.0 Å². The number of fused-ring (bicyclic) bond motifs is 3. The van der Waals surface area contributed by atoms with Gasteiger partial charge < -0.3 is 10.2 Å². The summed E-state index contributed by atoms with van der Waals surface area (Å²) in [6, 6.07) is 1.89. The van der Waals surface area contributed by atoms with E-state index in [1.807, 2.05) is 19.9 Å². The first-order chi connectivity index (χ1) is 14.4. The van der Waals surface area contributed by atoms with Crippen LogP contribution in [0.4, 0.5) is 0 Å². The molecule has 1 saturated carbocycles. The van der Waals surface area contributed by atoms with Gasteiger partial charge in [0.15, 0.2) is 23.0 Å². The van der Waals surface area contributed by atoms with Gasteiger partial charge in [0, 0.05) is 5.92 Å². The Bertz CT molecular complexity index is 1090. The van der Waals surface area contributed by atoms with Gasteiger partial charge in [-0.1, -0.05) is 25.5 Å². The van der Waals surface area contributed by atoms with E-state index in [1.165, 1.54) is 6.92 Å². The van der Waals surface area contributed by atoms with Crippen molar-refractivity contribution in [3.8, 4) is 5.75 Å². The number of carbonyl (C=O) groups is 4. The molecule has 6 nitrogen and oxygen atoms in total. The number of ketones is 4. The molecule has 0 amide bonds. The molecule has 4 rings (SSSR count). The van der Waals surface area contributed by atoms with Crippen molar-refractivity contribution in [2.75, 3.05) is 0 Å². The van der Waals surface area contributed by atoms with Gasteiger partial charge in [-0.3, -0.25) is 19.2 Å². The van der Waals surface area contributed by atoms with Crippen LogP contribution >= 0.6 is 0 Å². The molecule has 3 aliphatic carbocycles. The second-order valence-electron chi connectivity index (χ2n) is 9.75. The average molecular weight is 424 g/mol. The average Bonchev–Trinajstić information content (AvgIpc) is 2.66. The van der Waals surface area contributed by atoms with E-state index in [1.54, 1.807) is 13.8 Å². The minimum Gasteiger partial charge on any atom is -0.507 e. The molecule has 6 heteroatoms. The molecule has 3 aliphatic rings. The van der Waals surface area contributed by atoms with Gasteiger partial charge in [-0.25, -0.2) is 0 Å². The zero-order valence-electron chi connectivity index (χ0n) is 18.5. The lowest BCUT2D eigenvalue weighted by atomic mass is 9.54. The summed E-state index contributed by atoms with van der Waals surface area (Å²) in [4.78, 5) is 52.2. The van der Waals surface area contributed by atoms with Crippen LogP contribution in [-0.4, -0.2) is 38.9 Å². The van der Waals surface area contributed by atoms with Gasteiger partial charge >= 0.3 is 0 Å². The number of rotatable bonds is 2. The highest BCUT2D eigenvalue weighted by Crippen LogP contribution is 2.51. The number of phenols is 1. The van der Waals surface area contributed by atoms with Gasteiger partial charge in [-0.05, 0) is 68.6 Å². The van der Waals surface area contributed by atoms with Crippen LogP contribution in [0.25, 0.3) is 0 Å². The van der Waals surface area contributed by atoms with E-state index in [-0.39, 0.29) is 35.1 Å². The molecule has 0 aromatic heterocycles. The van der Waals surface area contributed by atoms with Crippen molar-refractivity contribution in [3.05, 3.63) is 39.5 Å². The van der Waals surface area contributed by atoms with E-state index >= 15 is 0 Å². The van der Waals surface area contributed by atoms with Crippen LogP contribution in [0.3, 0.4) is 0 Å². The number of aliphatic hydroxyl groups is 1. The first-order valence-corrected chi connectivity index (χ1v) is 10.8. The normalized spacial score (nSPS) is 30.3. The Hall–Kier alpha value is -2.60. The molecule has 164 valence electrons. The van der Waals surface area contributed by atoms with Crippen LogP contribution in [0.1, 0.15) is 73.5 Å². The first kappa shape index (κ1) is 21.6. The molecule has 0 aliphatic heterocycles. The standard InChI is InChI=1S/C25H28O6/c1-10(2)16-7-12(4)21(27)20-17(16)9-14-8-15-6-11(3)18(13(5)26)23(29)25(15,31)24(30)19(14)22(20)28/h7,10,14-15,19,27,31H,6,8-9H2,1-5H3. The van der Waals surface area contributed by atoms with E-state index < -0.39 is 40.6 Å². The fraction of sp³-hybridized carbons (Fsp3) is 0.520. The molecular weight excluding hydrogens is 396 g/mol. The SMILES string of the molecule is CC(=O)C1=C(C)CC2CC3Cc4c(C(C)C)cc(C)c(O)c4C(=O)C3C(=O)C2(O)C1=O. The van der Waals surface area contributed by atoms with E-state index in [4.69, 9.17) is 0 Å². The first-order valence-electron chi connectivity index (χ1n) is 10.8. The zero-order chi connectivity index (χ0) is 23.0. The Labute approximate surface area is 181 Å². The zero-order valence-corrected chi connectivity index (χ0v) is 18.5. The third kappa shape index (κ3) is 2.80. The topological polar surface area (TPSA) is 109 Å². The lowest BCUT2D eigenvalue weighted by Crippen LogP contribution is -2.64. The largest absolute Gasteiger partial charge is 0.507 e. The number of aromatic hydroxyl groups is 1. The lowest BCUT2D eigenvalue weighted by Gasteiger charge is -2.48. The maximum absolute atomic E-state index is 13.5. The highest BCUT2D eigenvalue weighted by molar-refractivity contribution is 6.32. The summed E-state index contributed by atoms with van der Waals surface area (Å²) < 4.78 is 0. The van der Waals surface area contributed by atoms with Crippen LogP contribution in [0.15, 0.2) is 17.2 Å². The third-order valence-corrected chi connectivity index (χ3v) is 7.46. The van der Waals surface area contributed by atoms with E-state index in [9.17, 15) is 29.4 Å². The molecule has 2 N–H and O–H groups in total. The van der Waals surface area contributed by atoms with Gasteiger partial charge in [-0.15, -0.1) is 0 Å². The molecule has 1 aromatic carbocycles. The molecule has 0 saturated heterocycles. The number of phenolic OH excluding ortho intramolecular Hbond substituents is 1. The second-order valence-corrected chi connectivity index (χ2v) is 9.75. The Morgan fingerprint density at radius 2 is 1.81 bits per heavy atom. The number of carbonyl (C=O) groups excluding carboxylic acids is 4. The van der Waals surface area contributed by atoms with Crippen molar-refractivity contribution in [1.82, 2.24) is 0 Å². The molecule has 4 unspecified atom stereocenters. The van der Waals surface area contributed by atoms with Gasteiger partial charge in [0.25, 0.3) is 0 Å². The summed E-state index contributed by atoms with van der Waals surface area (Å²) in [6.07, 6.45) is 1.03. The van der Waals surface area contributed by atoms with Crippen LogP contribution in [0, 0.1) is 24.7 Å². The van der Waals surface area contributed by atoms with E-state index in [2.05, 4.69) is 0 Å². The van der Waals surface area contributed by atoms with Gasteiger partial charge in [0.1, 0.15) is 5.75 Å². The van der Waals surface area contributed by atoms with Crippen LogP contribution in [0.2, 0.25) is 0 Å². The van der Waals surface area contributed by atoms with E-state index in [0.717, 1.165) is 11.1 Å². The highest BCUT2D eigenvalue weighted by atomic mass is 16.3. The van der Waals surface area contributed by atoms with Gasteiger partial charge in [-0.2, -0.15) is 0 Å². The number of aryl methyl sites for hydroxylation is 1. The number of allylic oxidation sites excluding steroid dienone is 1. The molecular formula is C25H28O6. The third-order valence-electron chi connectivity index (χ3n) is 7.46. The van der Waals surface area contributed by atoms with Crippen molar-refractivity contribution in [2.45, 2.75) is 65.4 Å². The number of benzene rings is 1. The van der Waals surface area contributed by atoms with Crippen molar-refractivity contribution >= 4 is 23.1 Å². The second kappa shape index (κ2) is 6.95. The van der Waals surface area contributed by atoms with Gasteiger partial charge in [0.05, 0.1) is 17.1 Å². The Balaban J connectivity index is 1.87. The number of Topliss-reactive ketones (excluding diaryl/α,β-unsaturated/α-hetero) is 4. The van der Waals surface area contributed by atoms with Crippen LogP contribution < -0.4 is 0 Å². The Morgan fingerprint density at radius 3 is 2.39 bits per heavy atom. The fourth-order valence-corrected chi connectivity index (χ4v) is 5.99. The summed E-state index contributed by atoms with van der Waals surface area (Å²) in [5.41, 5.74) is 0.519. The monoisotopic (exact) mass is 424 g/mol. The van der Waals surface area contributed by atoms with Crippen molar-refractivity contribution < 1.29 is 29.4 Å². The predicted molar refractivity (Wildman–Crippen MR) is 113 cm³/mol. The van der Waals surface area contributed by atoms with Crippen LogP contribution in [-0.2, 0) is 20.8 Å². The fourth-order valence-electron chi connectivity index (χ4n) is 5.99. The molecule has 0 spiro atoms. The lowest BCUT2D eigenvalue weighted by molar-refractivity contribution is -0.165. The van der Waals surface area contributed by atoms with Gasteiger partial charge in [0.2, 0.25) is 5.78 Å². The Kier molecular flexibility index (Phi) is 4.85. The summed E-state index contributed by atoms with van der Waals surface area (Å²) in [5.74, 6) is -4.94. The number of hydrogen-bond acceptors (Lipinski definition) is 6. The molecule has 0 heterocycles. The molecule has 0 radical (unpaired) electrons. The summed E-state index contributed by atoms with van der Waals surface area (Å²) in [6.45, 7) is 8.68. The predicted octanol–water partition coefficient (Wildman–Crippen LogP) is 2.99. The smallest absolute Gasteiger partial charge is 0.205 e. The molecule has 31 heavy (non-hydrogen) atoms. The molecule has 0 bridgehead atoms. The summed E-state index contributed by atoms with van der Waals surface area (Å²) in [7, 11) is 0. The van der Waals surface area contributed by atoms with Crippen molar-refractivity contribution in [2.24, 2.45) is 17.8 Å². The minimum absolute atomic E-state index is 0.130. The summed E-state index contributed by atoms with van der Waals surface area (Å²) in [5, 5.41) is 22.0. The maximum atomic E-state index is 13.5.